The first kappa shape index (κ1) is 18.9. The minimum Gasteiger partial charge on any atom is -0.434 e. The van der Waals surface area contributed by atoms with Crippen molar-refractivity contribution in [1.82, 2.24) is 9.88 Å². The summed E-state index contributed by atoms with van der Waals surface area (Å²) >= 11 is 0. The van der Waals surface area contributed by atoms with E-state index in [2.05, 4.69) is 9.72 Å². The third-order valence-electron chi connectivity index (χ3n) is 5.38. The number of hydrogen-bond acceptors (Lipinski definition) is 4. The van der Waals surface area contributed by atoms with Gasteiger partial charge in [0.1, 0.15) is 5.82 Å². The summed E-state index contributed by atoms with van der Waals surface area (Å²) < 4.78 is 55.1. The van der Waals surface area contributed by atoms with Crippen molar-refractivity contribution in [2.24, 2.45) is 5.41 Å². The van der Waals surface area contributed by atoms with Crippen LogP contribution in [0.4, 0.5) is 22.4 Å². The Morgan fingerprint density at radius 1 is 1.35 bits per heavy atom. The molecular weight excluding hydrogens is 356 g/mol. The SMILES string of the molecule is O=C(OC(CO)C(F)(F)F)N1CCC2(CC1)CC(c1ccc(F)cn1)C2. The Kier molecular flexibility index (Phi) is 5.09. The van der Waals surface area contributed by atoms with E-state index in [0.717, 1.165) is 18.5 Å². The van der Waals surface area contributed by atoms with E-state index in [1.807, 2.05) is 0 Å². The lowest BCUT2D eigenvalue weighted by Crippen LogP contribution is -2.50. The monoisotopic (exact) mass is 376 g/mol. The molecule has 1 amide bonds. The second kappa shape index (κ2) is 7.02. The zero-order valence-electron chi connectivity index (χ0n) is 14.0. The highest BCUT2D eigenvalue weighted by Crippen LogP contribution is 2.56. The highest BCUT2D eigenvalue weighted by Gasteiger charge is 2.48. The number of alkyl halides is 3. The van der Waals surface area contributed by atoms with Crippen LogP contribution in [0.25, 0.3) is 0 Å². The van der Waals surface area contributed by atoms with Crippen LogP contribution < -0.4 is 0 Å². The van der Waals surface area contributed by atoms with Crippen molar-refractivity contribution in [2.45, 2.75) is 43.9 Å². The Labute approximate surface area is 148 Å². The van der Waals surface area contributed by atoms with E-state index in [-0.39, 0.29) is 17.2 Å². The van der Waals surface area contributed by atoms with E-state index < -0.39 is 25.0 Å². The smallest absolute Gasteiger partial charge is 0.427 e. The lowest BCUT2D eigenvalue weighted by molar-refractivity contribution is -0.215. The van der Waals surface area contributed by atoms with Crippen molar-refractivity contribution in [3.05, 3.63) is 29.8 Å². The molecule has 1 N–H and O–H groups in total. The number of carbonyl (C=O) groups is 1. The van der Waals surface area contributed by atoms with Gasteiger partial charge in [0.25, 0.3) is 0 Å². The van der Waals surface area contributed by atoms with Crippen LogP contribution in [0, 0.1) is 11.2 Å². The van der Waals surface area contributed by atoms with Crippen molar-refractivity contribution < 1.29 is 32.2 Å². The number of pyridine rings is 1. The lowest BCUT2D eigenvalue weighted by Gasteiger charge is -2.52. The van der Waals surface area contributed by atoms with Gasteiger partial charge in [-0.1, -0.05) is 0 Å². The number of carbonyl (C=O) groups excluding carboxylic acids is 1. The number of hydrogen-bond donors (Lipinski definition) is 1. The average Bonchev–Trinajstić information content (AvgIpc) is 2.57. The molecule has 1 spiro atoms. The van der Waals surface area contributed by atoms with Gasteiger partial charge in [-0.25, -0.2) is 9.18 Å². The van der Waals surface area contributed by atoms with E-state index in [0.29, 0.717) is 25.9 Å². The summed E-state index contributed by atoms with van der Waals surface area (Å²) in [6.07, 6.45) is -4.05. The summed E-state index contributed by atoms with van der Waals surface area (Å²) in [5.41, 5.74) is 0.896. The van der Waals surface area contributed by atoms with Crippen molar-refractivity contribution in [1.29, 1.82) is 0 Å². The summed E-state index contributed by atoms with van der Waals surface area (Å²) in [6.45, 7) is -0.657. The Bertz CT molecular complexity index is 634. The van der Waals surface area contributed by atoms with Crippen LogP contribution in [-0.2, 0) is 4.74 Å². The molecule has 1 saturated carbocycles. The number of ether oxygens (including phenoxy) is 1. The van der Waals surface area contributed by atoms with Gasteiger partial charge in [-0.2, -0.15) is 13.2 Å². The molecule has 1 unspecified atom stereocenters. The Hall–Kier alpha value is -1.90. The molecule has 2 aliphatic rings. The number of aliphatic hydroxyl groups excluding tert-OH is 1. The van der Waals surface area contributed by atoms with E-state index in [1.54, 1.807) is 6.07 Å². The molecule has 3 rings (SSSR count). The minimum atomic E-state index is -4.79. The van der Waals surface area contributed by atoms with Crippen molar-refractivity contribution in [3.8, 4) is 0 Å². The van der Waals surface area contributed by atoms with Gasteiger partial charge in [-0.3, -0.25) is 4.98 Å². The fraction of sp³-hybridized carbons (Fsp3) is 0.647. The minimum absolute atomic E-state index is 0.0535. The van der Waals surface area contributed by atoms with Crippen LogP contribution in [0.1, 0.15) is 37.3 Å². The van der Waals surface area contributed by atoms with Gasteiger partial charge in [0.05, 0.1) is 12.8 Å². The van der Waals surface area contributed by atoms with E-state index in [9.17, 15) is 22.4 Å². The van der Waals surface area contributed by atoms with Gasteiger partial charge >= 0.3 is 12.3 Å². The van der Waals surface area contributed by atoms with Crippen LogP contribution >= 0.6 is 0 Å². The van der Waals surface area contributed by atoms with Crippen molar-refractivity contribution in [3.63, 3.8) is 0 Å². The fourth-order valence-corrected chi connectivity index (χ4v) is 3.80. The van der Waals surface area contributed by atoms with Crippen molar-refractivity contribution in [2.75, 3.05) is 19.7 Å². The predicted molar refractivity (Wildman–Crippen MR) is 82.8 cm³/mol. The van der Waals surface area contributed by atoms with Crippen molar-refractivity contribution >= 4 is 6.09 Å². The maximum absolute atomic E-state index is 12.9. The Morgan fingerprint density at radius 3 is 2.50 bits per heavy atom. The largest absolute Gasteiger partial charge is 0.434 e. The normalized spacial score (nSPS) is 21.3. The highest BCUT2D eigenvalue weighted by atomic mass is 19.4. The first-order chi connectivity index (χ1) is 12.2. The standard InChI is InChI=1S/C17H20F4N2O3/c18-12-1-2-13(22-9-12)11-7-16(8-11)3-5-23(6-4-16)15(25)26-14(10-24)17(19,20)21/h1-2,9,11,14,24H,3-8,10H2. The maximum atomic E-state index is 12.9. The number of aromatic nitrogens is 1. The maximum Gasteiger partial charge on any atom is 0.427 e. The van der Waals surface area contributed by atoms with Gasteiger partial charge in [0, 0.05) is 24.7 Å². The summed E-state index contributed by atoms with van der Waals surface area (Å²) in [4.78, 5) is 17.2. The van der Waals surface area contributed by atoms with E-state index in [4.69, 9.17) is 5.11 Å². The van der Waals surface area contributed by atoms with E-state index in [1.165, 1.54) is 17.2 Å². The lowest BCUT2D eigenvalue weighted by atomic mass is 9.57. The number of piperidine rings is 1. The second-order valence-corrected chi connectivity index (χ2v) is 7.09. The van der Waals surface area contributed by atoms with Gasteiger partial charge in [-0.15, -0.1) is 0 Å². The molecule has 1 aromatic rings. The van der Waals surface area contributed by atoms with Crippen LogP contribution in [-0.4, -0.2) is 53.1 Å². The molecule has 144 valence electrons. The number of nitrogens with zero attached hydrogens (tertiary/aromatic N) is 2. The molecule has 1 saturated heterocycles. The average molecular weight is 376 g/mol. The molecule has 1 aliphatic heterocycles. The number of rotatable bonds is 3. The third-order valence-corrected chi connectivity index (χ3v) is 5.38. The quantitative estimate of drug-likeness (QED) is 0.823. The zero-order valence-corrected chi connectivity index (χ0v) is 14.0. The molecule has 26 heavy (non-hydrogen) atoms. The summed E-state index contributed by atoms with van der Waals surface area (Å²) in [5, 5.41) is 8.75. The number of halogens is 4. The summed E-state index contributed by atoms with van der Waals surface area (Å²) in [7, 11) is 0. The fourth-order valence-electron chi connectivity index (χ4n) is 3.80. The first-order valence-electron chi connectivity index (χ1n) is 8.47. The number of aliphatic hydroxyl groups is 1. The molecule has 9 heteroatoms. The Morgan fingerprint density at radius 2 is 2.00 bits per heavy atom. The molecule has 1 atom stereocenters. The highest BCUT2D eigenvalue weighted by molar-refractivity contribution is 5.68. The first-order valence-corrected chi connectivity index (χ1v) is 8.47. The van der Waals surface area contributed by atoms with E-state index >= 15 is 0 Å². The van der Waals surface area contributed by atoms with Gasteiger partial charge < -0.3 is 14.7 Å². The molecule has 2 fully saturated rings. The summed E-state index contributed by atoms with van der Waals surface area (Å²) in [5.74, 6) is -0.132. The van der Waals surface area contributed by atoms with Gasteiger partial charge in [0.15, 0.2) is 0 Å². The third kappa shape index (κ3) is 3.92. The van der Waals surface area contributed by atoms with Gasteiger partial charge in [-0.05, 0) is 43.2 Å². The molecule has 0 aromatic carbocycles. The second-order valence-electron chi connectivity index (χ2n) is 7.09. The van der Waals surface area contributed by atoms with Crippen LogP contribution in [0.2, 0.25) is 0 Å². The molecule has 0 radical (unpaired) electrons. The number of likely N-dealkylation sites (tertiary alicyclic amines) is 1. The topological polar surface area (TPSA) is 62.7 Å². The Balaban J connectivity index is 1.49. The number of amides is 1. The van der Waals surface area contributed by atoms with Crippen LogP contribution in [0.15, 0.2) is 18.3 Å². The van der Waals surface area contributed by atoms with Crippen LogP contribution in [0.5, 0.6) is 0 Å². The summed E-state index contributed by atoms with van der Waals surface area (Å²) in [6, 6.07) is 3.05. The molecule has 1 aromatic heterocycles. The zero-order chi connectivity index (χ0) is 18.9. The molecule has 1 aliphatic carbocycles. The molecule has 5 nitrogen and oxygen atoms in total. The predicted octanol–water partition coefficient (Wildman–Crippen LogP) is 3.24. The molecule has 2 heterocycles. The van der Waals surface area contributed by atoms with Gasteiger partial charge in [0.2, 0.25) is 6.10 Å². The molecule has 0 bridgehead atoms. The van der Waals surface area contributed by atoms with Crippen LogP contribution in [0.3, 0.4) is 0 Å². The molecular formula is C17H20F4N2O3.